The van der Waals surface area contributed by atoms with Crippen molar-refractivity contribution in [1.29, 1.82) is 0 Å². The molecule has 0 fully saturated rings. The molecule has 1 unspecified atom stereocenters. The summed E-state index contributed by atoms with van der Waals surface area (Å²) >= 11 is -0.411. The molecule has 1 aliphatic carbocycles. The van der Waals surface area contributed by atoms with E-state index in [9.17, 15) is 0 Å². The molecule has 1 rings (SSSR count). The summed E-state index contributed by atoms with van der Waals surface area (Å²) in [4.78, 5) is 0. The van der Waals surface area contributed by atoms with Gasteiger partial charge in [-0.2, -0.15) is 0 Å². The number of halogens is 2. The van der Waals surface area contributed by atoms with Crippen LogP contribution in [-0.2, 0) is 22.7 Å². The Bertz CT molecular complexity index is 350. The maximum Gasteiger partial charge on any atom is -1.00 e. The van der Waals surface area contributed by atoms with Gasteiger partial charge in [0.2, 0.25) is 0 Å². The Hall–Kier alpha value is 0.960. The van der Waals surface area contributed by atoms with E-state index in [-0.39, 0.29) is 24.8 Å². The Morgan fingerprint density at radius 3 is 2.05 bits per heavy atom. The fraction of sp³-hybridized carbons (Fsp3) is 0.733. The first-order chi connectivity index (χ1) is 8.22. The molecule has 0 aliphatic heterocycles. The molecule has 1 atom stereocenters. The minimum Gasteiger partial charge on any atom is -1.00 e. The van der Waals surface area contributed by atoms with Gasteiger partial charge < -0.3 is 24.8 Å². The summed E-state index contributed by atoms with van der Waals surface area (Å²) in [7, 11) is 0. The van der Waals surface area contributed by atoms with Gasteiger partial charge in [0, 0.05) is 0 Å². The zero-order valence-electron chi connectivity index (χ0n) is 13.9. The number of allylic oxidation sites excluding steroid dienone is 3. The normalized spacial score (nSPS) is 16.7. The van der Waals surface area contributed by atoms with Crippen LogP contribution in [0.5, 0.6) is 0 Å². The van der Waals surface area contributed by atoms with Crippen LogP contribution >= 0.6 is 0 Å². The van der Waals surface area contributed by atoms with Crippen molar-refractivity contribution in [3.8, 4) is 0 Å². The molecular formula is C15H29Cl2NSiZr. The molecule has 0 spiro atoms. The topological polar surface area (TPSA) is 3.24 Å². The van der Waals surface area contributed by atoms with Crippen LogP contribution in [0.1, 0.15) is 47.5 Å². The van der Waals surface area contributed by atoms with Gasteiger partial charge in [-0.3, -0.25) is 0 Å². The van der Waals surface area contributed by atoms with E-state index in [1.165, 1.54) is 6.42 Å². The Morgan fingerprint density at radius 1 is 1.20 bits per heavy atom. The van der Waals surface area contributed by atoms with Crippen molar-refractivity contribution in [2.45, 2.75) is 66.1 Å². The second kappa shape index (κ2) is 9.18. The van der Waals surface area contributed by atoms with E-state index in [1.54, 1.807) is 5.70 Å². The summed E-state index contributed by atoms with van der Waals surface area (Å²) in [5.41, 5.74) is 2.27. The number of rotatable bonds is 5. The van der Waals surface area contributed by atoms with Crippen molar-refractivity contribution in [3.63, 3.8) is 0 Å². The third-order valence-electron chi connectivity index (χ3n) is 4.22. The average Bonchev–Trinajstić information content (AvgIpc) is 2.76. The minimum absolute atomic E-state index is 0. The molecule has 116 valence electrons. The zero-order valence-corrected chi connectivity index (χ0v) is 19.1. The number of hydrogen-bond acceptors (Lipinski definition) is 1. The maximum atomic E-state index is 2.90. The zero-order chi connectivity index (χ0) is 14.0. The molecule has 1 nitrogen and oxygen atoms in total. The molecule has 0 aromatic rings. The summed E-state index contributed by atoms with van der Waals surface area (Å²) in [6, 6.07) is 0. The Labute approximate surface area is 151 Å². The van der Waals surface area contributed by atoms with Crippen LogP contribution in [0.4, 0.5) is 0 Å². The smallest absolute Gasteiger partial charge is 1.00 e. The van der Waals surface area contributed by atoms with Gasteiger partial charge in [-0.05, 0) is 0 Å². The van der Waals surface area contributed by atoms with E-state index in [2.05, 4.69) is 68.8 Å². The van der Waals surface area contributed by atoms with Gasteiger partial charge in [-0.25, -0.2) is 0 Å². The molecule has 5 heteroatoms. The van der Waals surface area contributed by atoms with Crippen LogP contribution in [0.15, 0.2) is 23.9 Å². The molecule has 20 heavy (non-hydrogen) atoms. The van der Waals surface area contributed by atoms with E-state index in [0.717, 1.165) is 6.42 Å². The molecule has 0 bridgehead atoms. The summed E-state index contributed by atoms with van der Waals surface area (Å²) in [6.07, 6.45) is 9.31. The summed E-state index contributed by atoms with van der Waals surface area (Å²) in [6.45, 7) is 17.1. The standard InChI is InChI=1S/C13H22N.C2H7Si.2ClH.Zr/c1-6-13(5,12(2,3)4)14-11-9-7-8-10-11;1-3-2;;;/h7-9H,6,10H2,1-5H3;3H,1-2H3;2*1H;/q-1;;;;+3/p-2. The largest absolute Gasteiger partial charge is 1.00 e. The summed E-state index contributed by atoms with van der Waals surface area (Å²) < 4.78 is 2.90. The van der Waals surface area contributed by atoms with Crippen molar-refractivity contribution in [3.05, 3.63) is 23.9 Å². The van der Waals surface area contributed by atoms with E-state index < -0.39 is 28.6 Å². The molecule has 0 amide bonds. The van der Waals surface area contributed by atoms with E-state index >= 15 is 0 Å². The van der Waals surface area contributed by atoms with Crippen LogP contribution in [-0.4, -0.2) is 14.3 Å². The fourth-order valence-electron chi connectivity index (χ4n) is 2.43. The quantitative estimate of drug-likeness (QED) is 0.488. The van der Waals surface area contributed by atoms with Gasteiger partial charge in [0.1, 0.15) is 0 Å². The molecule has 0 aromatic carbocycles. The summed E-state index contributed by atoms with van der Waals surface area (Å²) in [5.74, 6) is -0.443. The Morgan fingerprint density at radius 2 is 1.75 bits per heavy atom. The molecule has 0 saturated heterocycles. The molecule has 0 heterocycles. The van der Waals surface area contributed by atoms with Crippen LogP contribution in [0, 0.1) is 5.41 Å². The molecular weight excluding hydrogens is 384 g/mol. The predicted octanol–water partition coefficient (Wildman–Crippen LogP) is -1.66. The molecule has 0 saturated carbocycles. The Kier molecular flexibility index (Phi) is 10.7. The second-order valence-electron chi connectivity index (χ2n) is 6.79. The van der Waals surface area contributed by atoms with Gasteiger partial charge >= 0.3 is 127 Å². The molecule has 0 radical (unpaired) electrons. The molecule has 0 aromatic heterocycles. The average molecular weight is 414 g/mol. The first-order valence-electron chi connectivity index (χ1n) is 7.14. The van der Waals surface area contributed by atoms with Crippen LogP contribution < -0.4 is 24.8 Å². The van der Waals surface area contributed by atoms with Crippen molar-refractivity contribution < 1.29 is 47.5 Å². The van der Waals surface area contributed by atoms with Gasteiger partial charge in [-0.1, -0.05) is 0 Å². The van der Waals surface area contributed by atoms with Gasteiger partial charge in [0.25, 0.3) is 0 Å². The Balaban J connectivity index is 0. The first kappa shape index (κ1) is 23.2. The van der Waals surface area contributed by atoms with E-state index in [0.29, 0.717) is 11.0 Å². The monoisotopic (exact) mass is 411 g/mol. The van der Waals surface area contributed by atoms with E-state index in [4.69, 9.17) is 0 Å². The number of hydrogen-bond donors (Lipinski definition) is 0. The molecule has 0 N–H and O–H groups in total. The molecule has 1 aliphatic rings. The second-order valence-corrected chi connectivity index (χ2v) is 20.9. The first-order valence-corrected chi connectivity index (χ1v) is 15.4. The number of nitrogens with zero attached hydrogens (tertiary/aromatic N) is 1. The third-order valence-corrected chi connectivity index (χ3v) is 12.6. The van der Waals surface area contributed by atoms with Crippen molar-refractivity contribution in [2.24, 2.45) is 5.41 Å². The van der Waals surface area contributed by atoms with Crippen molar-refractivity contribution in [1.82, 2.24) is 2.84 Å². The summed E-state index contributed by atoms with van der Waals surface area (Å²) in [5, 5.41) is 0. The van der Waals surface area contributed by atoms with Crippen LogP contribution in [0.25, 0.3) is 0 Å². The van der Waals surface area contributed by atoms with Crippen molar-refractivity contribution in [2.75, 3.05) is 0 Å². The van der Waals surface area contributed by atoms with Crippen LogP contribution in [0.2, 0.25) is 13.1 Å². The fourth-order valence-corrected chi connectivity index (χ4v) is 12.1. The maximum absolute atomic E-state index is 2.90. The van der Waals surface area contributed by atoms with E-state index in [1.807, 2.05) is 0 Å². The van der Waals surface area contributed by atoms with Gasteiger partial charge in [0.05, 0.1) is 0 Å². The SMILES string of the molecule is CCC(C)([N]([Zr+2][SiH](C)C)C1=CC=CC1)C(C)(C)C.[Cl-].[Cl-]. The minimum atomic E-state index is -0.443. The van der Waals surface area contributed by atoms with Gasteiger partial charge in [0.15, 0.2) is 0 Å². The third kappa shape index (κ3) is 5.30. The van der Waals surface area contributed by atoms with Gasteiger partial charge in [-0.15, -0.1) is 0 Å². The predicted molar refractivity (Wildman–Crippen MR) is 80.7 cm³/mol. The van der Waals surface area contributed by atoms with Crippen molar-refractivity contribution >= 4 is 5.92 Å². The van der Waals surface area contributed by atoms with Crippen LogP contribution in [0.3, 0.4) is 0 Å².